The third kappa shape index (κ3) is 6.84. The molecule has 3 rings (SSSR count). The number of hydrogen-bond donors (Lipinski definition) is 2. The van der Waals surface area contributed by atoms with Crippen LogP contribution in [0, 0.1) is 0 Å². The van der Waals surface area contributed by atoms with Gasteiger partial charge in [0.25, 0.3) is 0 Å². The number of aromatic nitrogens is 2. The molecule has 0 aliphatic rings. The number of benzene rings is 2. The molecule has 160 valence electrons. The van der Waals surface area contributed by atoms with Gasteiger partial charge in [-0.2, -0.15) is 5.10 Å². The molecule has 9 heteroatoms. The first-order valence-electron chi connectivity index (χ1n) is 9.35. The summed E-state index contributed by atoms with van der Waals surface area (Å²) < 4.78 is 26.6. The minimum absolute atomic E-state index is 0. The Balaban J connectivity index is 0.00000320. The number of sulfone groups is 1. The molecule has 1 aromatic heterocycles. The molecule has 0 radical (unpaired) electrons. The van der Waals surface area contributed by atoms with Gasteiger partial charge >= 0.3 is 0 Å². The maximum absolute atomic E-state index is 12.4. The molecule has 2 aromatic carbocycles. The minimum atomic E-state index is -3.32. The molecular formula is C21H26IN5O2S. The molecular weight excluding hydrogens is 513 g/mol. The number of rotatable bonds is 8. The summed E-state index contributed by atoms with van der Waals surface area (Å²) in [6.07, 6.45) is 3.69. The van der Waals surface area contributed by atoms with E-state index >= 15 is 0 Å². The number of nitrogens with one attached hydrogen (secondary N) is 2. The summed E-state index contributed by atoms with van der Waals surface area (Å²) in [7, 11) is -1.66. The molecule has 3 aromatic rings. The molecule has 0 saturated heterocycles. The first-order valence-corrected chi connectivity index (χ1v) is 11.0. The zero-order valence-electron chi connectivity index (χ0n) is 16.7. The van der Waals surface area contributed by atoms with Gasteiger partial charge in [-0.25, -0.2) is 8.42 Å². The highest BCUT2D eigenvalue weighted by atomic mass is 127. The van der Waals surface area contributed by atoms with Crippen LogP contribution in [0.4, 0.5) is 0 Å². The summed E-state index contributed by atoms with van der Waals surface area (Å²) in [5.41, 5.74) is 2.29. The van der Waals surface area contributed by atoms with E-state index in [0.29, 0.717) is 23.9 Å². The number of halogens is 1. The molecule has 7 nitrogen and oxygen atoms in total. The fraction of sp³-hybridized carbons (Fsp3) is 0.238. The van der Waals surface area contributed by atoms with Gasteiger partial charge in [-0.15, -0.1) is 24.0 Å². The van der Waals surface area contributed by atoms with Gasteiger partial charge in [0.2, 0.25) is 0 Å². The predicted molar refractivity (Wildman–Crippen MR) is 130 cm³/mol. The second-order valence-corrected chi connectivity index (χ2v) is 8.57. The van der Waals surface area contributed by atoms with Gasteiger partial charge < -0.3 is 10.6 Å². The molecule has 30 heavy (non-hydrogen) atoms. The molecule has 1 heterocycles. The zero-order valence-corrected chi connectivity index (χ0v) is 19.9. The maximum Gasteiger partial charge on any atom is 0.191 e. The van der Waals surface area contributed by atoms with E-state index in [1.807, 2.05) is 29.1 Å². The van der Waals surface area contributed by atoms with E-state index in [0.717, 1.165) is 11.1 Å². The number of guanidine groups is 1. The fourth-order valence-corrected chi connectivity index (χ4v) is 4.08. The van der Waals surface area contributed by atoms with Gasteiger partial charge in [0.15, 0.2) is 15.8 Å². The average Bonchev–Trinajstić information content (AvgIpc) is 3.25. The van der Waals surface area contributed by atoms with E-state index in [2.05, 4.69) is 32.9 Å². The quantitative estimate of drug-likeness (QED) is 0.261. The van der Waals surface area contributed by atoms with Crippen LogP contribution in [0.25, 0.3) is 0 Å². The van der Waals surface area contributed by atoms with Crippen molar-refractivity contribution >= 4 is 39.8 Å². The Bertz CT molecular complexity index is 1040. The summed E-state index contributed by atoms with van der Waals surface area (Å²) in [5.74, 6) is 0.551. The summed E-state index contributed by atoms with van der Waals surface area (Å²) in [6.45, 7) is 1.53. The van der Waals surface area contributed by atoms with Crippen molar-refractivity contribution in [3.63, 3.8) is 0 Å². The summed E-state index contributed by atoms with van der Waals surface area (Å²) >= 11 is 0. The van der Waals surface area contributed by atoms with Crippen molar-refractivity contribution in [3.8, 4) is 0 Å². The van der Waals surface area contributed by atoms with E-state index in [9.17, 15) is 8.42 Å². The first-order chi connectivity index (χ1) is 14.1. The fourth-order valence-electron chi connectivity index (χ4n) is 2.90. The molecule has 0 amide bonds. The third-order valence-electron chi connectivity index (χ3n) is 4.45. The Morgan fingerprint density at radius 2 is 1.70 bits per heavy atom. The van der Waals surface area contributed by atoms with E-state index in [-0.39, 0.29) is 36.3 Å². The molecule has 0 atom stereocenters. The summed E-state index contributed by atoms with van der Waals surface area (Å²) in [6, 6.07) is 18.5. The molecule has 0 spiro atoms. The molecule has 0 fully saturated rings. The van der Waals surface area contributed by atoms with Crippen molar-refractivity contribution < 1.29 is 8.42 Å². The molecule has 0 aliphatic heterocycles. The lowest BCUT2D eigenvalue weighted by molar-refractivity contribution is 0.594. The van der Waals surface area contributed by atoms with Crippen molar-refractivity contribution in [3.05, 3.63) is 84.2 Å². The minimum Gasteiger partial charge on any atom is -0.355 e. The normalized spacial score (nSPS) is 11.6. The SMILES string of the molecule is CN=C(NCCS(=O)(=O)c1ccccc1)NCc1ccccc1Cn1cccn1.I. The van der Waals surface area contributed by atoms with Gasteiger partial charge in [0, 0.05) is 32.5 Å². The van der Waals surface area contributed by atoms with Crippen LogP contribution in [0.5, 0.6) is 0 Å². The Morgan fingerprint density at radius 3 is 2.37 bits per heavy atom. The molecule has 0 unspecified atom stereocenters. The van der Waals surface area contributed by atoms with Crippen molar-refractivity contribution in [2.45, 2.75) is 18.0 Å². The van der Waals surface area contributed by atoms with Crippen molar-refractivity contribution in [2.24, 2.45) is 4.99 Å². The van der Waals surface area contributed by atoms with Crippen molar-refractivity contribution in [2.75, 3.05) is 19.3 Å². The Hall–Kier alpha value is -2.40. The highest BCUT2D eigenvalue weighted by molar-refractivity contribution is 14.0. The Labute approximate surface area is 194 Å². The van der Waals surface area contributed by atoms with E-state index in [1.54, 1.807) is 43.6 Å². The van der Waals surface area contributed by atoms with Gasteiger partial charge in [-0.1, -0.05) is 42.5 Å². The van der Waals surface area contributed by atoms with Crippen LogP contribution in [-0.4, -0.2) is 43.5 Å². The smallest absolute Gasteiger partial charge is 0.191 e. The average molecular weight is 539 g/mol. The molecule has 0 saturated carbocycles. The van der Waals surface area contributed by atoms with Crippen LogP contribution in [0.2, 0.25) is 0 Å². The van der Waals surface area contributed by atoms with E-state index in [4.69, 9.17) is 0 Å². The Morgan fingerprint density at radius 1 is 1.00 bits per heavy atom. The van der Waals surface area contributed by atoms with Crippen LogP contribution in [0.15, 0.2) is 82.9 Å². The highest BCUT2D eigenvalue weighted by Gasteiger charge is 2.13. The van der Waals surface area contributed by atoms with Crippen LogP contribution < -0.4 is 10.6 Å². The second kappa shape index (κ2) is 11.7. The van der Waals surface area contributed by atoms with Crippen LogP contribution >= 0.6 is 24.0 Å². The topological polar surface area (TPSA) is 88.4 Å². The van der Waals surface area contributed by atoms with Gasteiger partial charge in [0.1, 0.15) is 0 Å². The van der Waals surface area contributed by atoms with Gasteiger partial charge in [-0.3, -0.25) is 9.67 Å². The summed E-state index contributed by atoms with van der Waals surface area (Å²) in [5, 5.41) is 10.6. The van der Waals surface area contributed by atoms with Crippen molar-refractivity contribution in [1.29, 1.82) is 0 Å². The standard InChI is InChI=1S/C21H25N5O2S.HI/c1-22-21(23-13-15-29(27,28)20-10-3-2-4-11-20)24-16-18-8-5-6-9-19(18)17-26-14-7-12-25-26;/h2-12,14H,13,15-17H2,1H3,(H2,22,23,24);1H. The number of nitrogens with zero attached hydrogens (tertiary/aromatic N) is 3. The van der Waals surface area contributed by atoms with Gasteiger partial charge in [0.05, 0.1) is 17.2 Å². The number of hydrogen-bond acceptors (Lipinski definition) is 4. The van der Waals surface area contributed by atoms with Crippen LogP contribution in [0.3, 0.4) is 0 Å². The second-order valence-electron chi connectivity index (χ2n) is 6.46. The highest BCUT2D eigenvalue weighted by Crippen LogP contribution is 2.11. The van der Waals surface area contributed by atoms with E-state index in [1.165, 1.54) is 0 Å². The predicted octanol–water partition coefficient (Wildman–Crippen LogP) is 2.69. The maximum atomic E-state index is 12.4. The largest absolute Gasteiger partial charge is 0.355 e. The lowest BCUT2D eigenvalue weighted by atomic mass is 10.1. The van der Waals surface area contributed by atoms with Crippen molar-refractivity contribution in [1.82, 2.24) is 20.4 Å². The van der Waals surface area contributed by atoms with Crippen LogP contribution in [0.1, 0.15) is 11.1 Å². The van der Waals surface area contributed by atoms with Crippen LogP contribution in [-0.2, 0) is 22.9 Å². The monoisotopic (exact) mass is 539 g/mol. The summed E-state index contributed by atoms with van der Waals surface area (Å²) in [4.78, 5) is 4.51. The first kappa shape index (κ1) is 23.9. The van der Waals surface area contributed by atoms with E-state index < -0.39 is 9.84 Å². The Kier molecular flexibility index (Phi) is 9.31. The molecule has 0 aliphatic carbocycles. The lowest BCUT2D eigenvalue weighted by Crippen LogP contribution is -2.39. The molecule has 0 bridgehead atoms. The third-order valence-corrected chi connectivity index (χ3v) is 6.18. The lowest BCUT2D eigenvalue weighted by Gasteiger charge is -2.14. The zero-order chi connectivity index (χ0) is 20.5. The molecule has 2 N–H and O–H groups in total. The van der Waals surface area contributed by atoms with Gasteiger partial charge in [-0.05, 0) is 29.3 Å². The number of aliphatic imine (C=N–C) groups is 1.